The van der Waals surface area contributed by atoms with Crippen LogP contribution in [0.5, 0.6) is 0 Å². The third kappa shape index (κ3) is 2.83. The first-order valence-electron chi connectivity index (χ1n) is 5.67. The predicted octanol–water partition coefficient (Wildman–Crippen LogP) is 0.509. The maximum absolute atomic E-state index is 10.7. The largest absolute Gasteiger partial charge is 0.476 e. The maximum Gasteiger partial charge on any atom is 0.358 e. The molecule has 1 aromatic heterocycles. The van der Waals surface area contributed by atoms with E-state index in [1.54, 1.807) is 0 Å². The van der Waals surface area contributed by atoms with Gasteiger partial charge in [-0.1, -0.05) is 5.16 Å². The van der Waals surface area contributed by atoms with Gasteiger partial charge in [-0.25, -0.2) is 4.79 Å². The van der Waals surface area contributed by atoms with E-state index in [0.717, 1.165) is 19.6 Å². The van der Waals surface area contributed by atoms with Gasteiger partial charge in [0.2, 0.25) is 0 Å². The molecular formula is C11H17N3O3. The average molecular weight is 239 g/mol. The van der Waals surface area contributed by atoms with E-state index >= 15 is 0 Å². The summed E-state index contributed by atoms with van der Waals surface area (Å²) in [6.45, 7) is 5.77. The Morgan fingerprint density at radius 3 is 3.00 bits per heavy atom. The number of carboxylic acids is 1. The van der Waals surface area contributed by atoms with E-state index in [1.165, 1.54) is 6.07 Å². The Balaban J connectivity index is 1.98. The average Bonchev–Trinajstić information content (AvgIpc) is 2.71. The predicted molar refractivity (Wildman–Crippen MR) is 60.8 cm³/mol. The number of rotatable bonds is 3. The fraction of sp³-hybridized carbons (Fsp3) is 0.636. The van der Waals surface area contributed by atoms with Crippen molar-refractivity contribution in [3.05, 3.63) is 17.5 Å². The van der Waals surface area contributed by atoms with Crippen molar-refractivity contribution in [3.63, 3.8) is 0 Å². The summed E-state index contributed by atoms with van der Waals surface area (Å²) in [5, 5.41) is 12.3. The lowest BCUT2D eigenvalue weighted by Gasteiger charge is -2.37. The topological polar surface area (TPSA) is 69.8 Å². The number of aromatic nitrogens is 1. The highest BCUT2D eigenvalue weighted by atomic mass is 16.5. The molecule has 0 amide bonds. The number of hydrogen-bond donors (Lipinski definition) is 1. The summed E-state index contributed by atoms with van der Waals surface area (Å²) >= 11 is 0. The highest BCUT2D eigenvalue weighted by Crippen LogP contribution is 2.13. The van der Waals surface area contributed by atoms with E-state index in [1.807, 2.05) is 0 Å². The molecule has 6 heteroatoms. The van der Waals surface area contributed by atoms with Gasteiger partial charge in [-0.05, 0) is 14.0 Å². The maximum atomic E-state index is 10.7. The lowest BCUT2D eigenvalue weighted by atomic mass is 10.2. The van der Waals surface area contributed by atoms with Gasteiger partial charge in [0.15, 0.2) is 11.5 Å². The molecule has 1 atom stereocenters. The lowest BCUT2D eigenvalue weighted by Crippen LogP contribution is -2.49. The van der Waals surface area contributed by atoms with Crippen molar-refractivity contribution < 1.29 is 14.4 Å². The monoisotopic (exact) mass is 239 g/mol. The number of aromatic carboxylic acids is 1. The number of hydrogen-bond acceptors (Lipinski definition) is 5. The van der Waals surface area contributed by atoms with Gasteiger partial charge in [-0.3, -0.25) is 4.90 Å². The molecule has 0 aliphatic carbocycles. The summed E-state index contributed by atoms with van der Waals surface area (Å²) in [5.74, 6) is -0.440. The van der Waals surface area contributed by atoms with Crippen molar-refractivity contribution in [1.82, 2.24) is 15.0 Å². The quantitative estimate of drug-likeness (QED) is 0.828. The Morgan fingerprint density at radius 2 is 2.41 bits per heavy atom. The van der Waals surface area contributed by atoms with Crippen LogP contribution in [-0.2, 0) is 6.54 Å². The highest BCUT2D eigenvalue weighted by Gasteiger charge is 2.23. The van der Waals surface area contributed by atoms with E-state index in [0.29, 0.717) is 18.3 Å². The molecule has 1 aromatic rings. The fourth-order valence-electron chi connectivity index (χ4n) is 2.10. The minimum absolute atomic E-state index is 0.0261. The molecule has 1 unspecified atom stereocenters. The Hall–Kier alpha value is -1.40. The third-order valence-corrected chi connectivity index (χ3v) is 3.11. The summed E-state index contributed by atoms with van der Waals surface area (Å²) < 4.78 is 5.02. The van der Waals surface area contributed by atoms with Crippen LogP contribution < -0.4 is 0 Å². The molecule has 0 spiro atoms. The molecule has 2 rings (SSSR count). The lowest BCUT2D eigenvalue weighted by molar-refractivity contribution is 0.0684. The van der Waals surface area contributed by atoms with Crippen LogP contribution in [-0.4, -0.2) is 58.8 Å². The second-order valence-electron chi connectivity index (χ2n) is 4.57. The molecule has 0 saturated carbocycles. The molecule has 2 heterocycles. The first-order valence-corrected chi connectivity index (χ1v) is 5.67. The first kappa shape index (κ1) is 12.1. The van der Waals surface area contributed by atoms with Crippen LogP contribution in [0.15, 0.2) is 10.6 Å². The van der Waals surface area contributed by atoms with Gasteiger partial charge < -0.3 is 14.5 Å². The smallest absolute Gasteiger partial charge is 0.358 e. The van der Waals surface area contributed by atoms with Crippen molar-refractivity contribution in [1.29, 1.82) is 0 Å². The number of piperazine rings is 1. The summed E-state index contributed by atoms with van der Waals surface area (Å²) in [6.07, 6.45) is 0. The van der Waals surface area contributed by atoms with E-state index in [9.17, 15) is 4.79 Å². The zero-order chi connectivity index (χ0) is 12.4. The van der Waals surface area contributed by atoms with Crippen molar-refractivity contribution >= 4 is 5.97 Å². The summed E-state index contributed by atoms with van der Waals surface area (Å²) in [4.78, 5) is 15.2. The van der Waals surface area contributed by atoms with E-state index in [2.05, 4.69) is 28.9 Å². The zero-order valence-corrected chi connectivity index (χ0v) is 10.1. The van der Waals surface area contributed by atoms with Gasteiger partial charge in [0.25, 0.3) is 0 Å². The molecule has 17 heavy (non-hydrogen) atoms. The van der Waals surface area contributed by atoms with E-state index in [4.69, 9.17) is 9.63 Å². The van der Waals surface area contributed by atoms with Gasteiger partial charge >= 0.3 is 5.97 Å². The molecule has 94 valence electrons. The molecular weight excluding hydrogens is 222 g/mol. The standard InChI is InChI=1S/C11H17N3O3/c1-8-6-13(2)3-4-14(8)7-9-5-10(11(15)16)12-17-9/h5,8H,3-4,6-7H2,1-2H3,(H,15,16). The molecule has 0 bridgehead atoms. The van der Waals surface area contributed by atoms with Crippen LogP contribution in [0.4, 0.5) is 0 Å². The van der Waals surface area contributed by atoms with Crippen molar-refractivity contribution in [3.8, 4) is 0 Å². The van der Waals surface area contributed by atoms with Crippen molar-refractivity contribution in [2.75, 3.05) is 26.7 Å². The summed E-state index contributed by atoms with van der Waals surface area (Å²) in [6, 6.07) is 1.93. The Labute approximate surface area is 99.8 Å². The van der Waals surface area contributed by atoms with Crippen LogP contribution in [0.25, 0.3) is 0 Å². The Morgan fingerprint density at radius 1 is 1.65 bits per heavy atom. The minimum atomic E-state index is -1.05. The summed E-state index contributed by atoms with van der Waals surface area (Å²) in [7, 11) is 2.10. The van der Waals surface area contributed by atoms with E-state index in [-0.39, 0.29) is 5.69 Å². The van der Waals surface area contributed by atoms with Crippen LogP contribution in [0.2, 0.25) is 0 Å². The first-order chi connectivity index (χ1) is 8.06. The second kappa shape index (κ2) is 4.85. The minimum Gasteiger partial charge on any atom is -0.476 e. The highest BCUT2D eigenvalue weighted by molar-refractivity contribution is 5.85. The van der Waals surface area contributed by atoms with Gasteiger partial charge in [-0.2, -0.15) is 0 Å². The van der Waals surface area contributed by atoms with E-state index < -0.39 is 5.97 Å². The molecule has 1 fully saturated rings. The molecule has 1 saturated heterocycles. The normalized spacial score (nSPS) is 22.8. The third-order valence-electron chi connectivity index (χ3n) is 3.11. The Bertz CT molecular complexity index is 404. The number of nitrogens with zero attached hydrogens (tertiary/aromatic N) is 3. The van der Waals surface area contributed by atoms with Gasteiger partial charge in [0, 0.05) is 31.7 Å². The Kier molecular flexibility index (Phi) is 3.44. The molecule has 0 aromatic carbocycles. The van der Waals surface area contributed by atoms with Crippen molar-refractivity contribution in [2.24, 2.45) is 0 Å². The van der Waals surface area contributed by atoms with Gasteiger partial charge in [0.05, 0.1) is 6.54 Å². The number of carboxylic acid groups (broad SMARTS) is 1. The SMILES string of the molecule is CC1CN(C)CCN1Cc1cc(C(=O)O)no1. The molecule has 0 radical (unpaired) electrons. The molecule has 1 aliphatic heterocycles. The zero-order valence-electron chi connectivity index (χ0n) is 10.1. The second-order valence-corrected chi connectivity index (χ2v) is 4.57. The number of carbonyl (C=O) groups is 1. The van der Waals surface area contributed by atoms with Crippen LogP contribution in [0.3, 0.4) is 0 Å². The molecule has 1 N–H and O–H groups in total. The molecule has 6 nitrogen and oxygen atoms in total. The van der Waals surface area contributed by atoms with Crippen LogP contribution >= 0.6 is 0 Å². The van der Waals surface area contributed by atoms with Crippen LogP contribution in [0, 0.1) is 0 Å². The van der Waals surface area contributed by atoms with Crippen LogP contribution in [0.1, 0.15) is 23.2 Å². The van der Waals surface area contributed by atoms with Gasteiger partial charge in [-0.15, -0.1) is 0 Å². The van der Waals surface area contributed by atoms with Crippen molar-refractivity contribution in [2.45, 2.75) is 19.5 Å². The molecule has 1 aliphatic rings. The fourth-order valence-corrected chi connectivity index (χ4v) is 2.10. The number of likely N-dealkylation sites (N-methyl/N-ethyl adjacent to an activating group) is 1. The summed E-state index contributed by atoms with van der Waals surface area (Å²) in [5.41, 5.74) is -0.0261. The van der Waals surface area contributed by atoms with Gasteiger partial charge in [0.1, 0.15) is 0 Å².